The van der Waals surface area contributed by atoms with Gasteiger partial charge in [0.15, 0.2) is 0 Å². The van der Waals surface area contributed by atoms with E-state index in [-0.39, 0.29) is 11.9 Å². The molecule has 1 heterocycles. The van der Waals surface area contributed by atoms with Crippen LogP contribution in [0.3, 0.4) is 0 Å². The van der Waals surface area contributed by atoms with Gasteiger partial charge in [-0.25, -0.2) is 0 Å². The number of rotatable bonds is 6. The van der Waals surface area contributed by atoms with E-state index in [0.717, 1.165) is 18.5 Å². The maximum atomic E-state index is 12.1. The van der Waals surface area contributed by atoms with Gasteiger partial charge in [-0.1, -0.05) is 12.1 Å². The lowest BCUT2D eigenvalue weighted by Crippen LogP contribution is -2.38. The first kappa shape index (κ1) is 15.1. The predicted molar refractivity (Wildman–Crippen MR) is 92.6 cm³/mol. The van der Waals surface area contributed by atoms with Crippen molar-refractivity contribution < 1.29 is 4.79 Å². The molecule has 3 nitrogen and oxygen atoms in total. The predicted octanol–water partition coefficient (Wildman–Crippen LogP) is 3.40. The summed E-state index contributed by atoms with van der Waals surface area (Å²) in [5.74, 6) is 0.0528. The Balaban J connectivity index is 1.48. The molecule has 1 unspecified atom stereocenters. The van der Waals surface area contributed by atoms with E-state index >= 15 is 0 Å². The second-order valence-electron chi connectivity index (χ2n) is 5.82. The first-order chi connectivity index (χ1) is 10.7. The van der Waals surface area contributed by atoms with Gasteiger partial charge in [-0.05, 0) is 67.3 Å². The molecule has 2 aromatic rings. The molecule has 1 amide bonds. The number of nitrogens with one attached hydrogen (secondary N) is 2. The number of benzene rings is 1. The normalized spacial score (nSPS) is 14.4. The highest BCUT2D eigenvalue weighted by Gasteiger charge is 2.14. The van der Waals surface area contributed by atoms with Gasteiger partial charge in [-0.15, -0.1) is 11.3 Å². The lowest BCUT2D eigenvalue weighted by Gasteiger charge is -2.16. The molecule has 0 saturated carbocycles. The van der Waals surface area contributed by atoms with Gasteiger partial charge in [-0.2, -0.15) is 0 Å². The standard InChI is InChI=1S/C18H22N2OS/c1-13(18(21)19-10-9-17-6-3-11-22-17)20-16-8-7-14-4-2-5-15(14)12-16/h3,6-8,11-13,20H,2,4-5,9-10H2,1H3,(H,19,21). The second kappa shape index (κ2) is 6.97. The van der Waals surface area contributed by atoms with E-state index in [1.54, 1.807) is 11.3 Å². The number of anilines is 1. The summed E-state index contributed by atoms with van der Waals surface area (Å²) >= 11 is 1.73. The summed E-state index contributed by atoms with van der Waals surface area (Å²) in [7, 11) is 0. The van der Waals surface area contributed by atoms with Crippen LogP contribution in [0, 0.1) is 0 Å². The van der Waals surface area contributed by atoms with Crippen molar-refractivity contribution in [1.29, 1.82) is 0 Å². The average molecular weight is 314 g/mol. The fraction of sp³-hybridized carbons (Fsp3) is 0.389. The van der Waals surface area contributed by atoms with Crippen molar-refractivity contribution in [3.8, 4) is 0 Å². The fourth-order valence-corrected chi connectivity index (χ4v) is 3.60. The minimum absolute atomic E-state index is 0.0528. The third-order valence-electron chi connectivity index (χ3n) is 4.13. The molecule has 3 rings (SSSR count). The molecule has 0 fully saturated rings. The largest absolute Gasteiger partial charge is 0.374 e. The molecular weight excluding hydrogens is 292 g/mol. The number of hydrogen-bond acceptors (Lipinski definition) is 3. The Hall–Kier alpha value is -1.81. The van der Waals surface area contributed by atoms with Crippen LogP contribution in [0.25, 0.3) is 0 Å². The molecule has 2 N–H and O–H groups in total. The van der Waals surface area contributed by atoms with E-state index in [1.165, 1.54) is 28.8 Å². The van der Waals surface area contributed by atoms with Gasteiger partial charge in [0.05, 0.1) is 0 Å². The average Bonchev–Trinajstić information content (AvgIpc) is 3.17. The number of fused-ring (bicyclic) bond motifs is 1. The van der Waals surface area contributed by atoms with Crippen LogP contribution in [0.2, 0.25) is 0 Å². The smallest absolute Gasteiger partial charge is 0.242 e. The molecule has 4 heteroatoms. The minimum Gasteiger partial charge on any atom is -0.374 e. The van der Waals surface area contributed by atoms with Crippen LogP contribution >= 0.6 is 11.3 Å². The molecule has 22 heavy (non-hydrogen) atoms. The van der Waals surface area contributed by atoms with Crippen LogP contribution in [0.5, 0.6) is 0 Å². The summed E-state index contributed by atoms with van der Waals surface area (Å²) in [4.78, 5) is 13.4. The van der Waals surface area contributed by atoms with Gasteiger partial charge in [-0.3, -0.25) is 4.79 Å². The van der Waals surface area contributed by atoms with E-state index < -0.39 is 0 Å². The van der Waals surface area contributed by atoms with E-state index in [1.807, 2.05) is 13.0 Å². The van der Waals surface area contributed by atoms with Gasteiger partial charge in [0.1, 0.15) is 6.04 Å². The Morgan fingerprint density at radius 1 is 1.27 bits per heavy atom. The molecule has 0 radical (unpaired) electrons. The van der Waals surface area contributed by atoms with E-state index in [4.69, 9.17) is 0 Å². The molecule has 0 saturated heterocycles. The summed E-state index contributed by atoms with van der Waals surface area (Å²) in [6, 6.07) is 10.4. The van der Waals surface area contributed by atoms with Crippen LogP contribution < -0.4 is 10.6 Å². The Bertz CT molecular complexity index is 637. The molecule has 116 valence electrons. The minimum atomic E-state index is -0.220. The van der Waals surface area contributed by atoms with Crippen LogP contribution in [-0.4, -0.2) is 18.5 Å². The summed E-state index contributed by atoms with van der Waals surface area (Å²) < 4.78 is 0. The van der Waals surface area contributed by atoms with Crippen molar-refractivity contribution in [2.24, 2.45) is 0 Å². The maximum Gasteiger partial charge on any atom is 0.242 e. The quantitative estimate of drug-likeness (QED) is 0.858. The SMILES string of the molecule is CC(Nc1ccc2c(c1)CCC2)C(=O)NCCc1cccs1. The van der Waals surface area contributed by atoms with Crippen molar-refractivity contribution >= 4 is 22.9 Å². The molecule has 0 bridgehead atoms. The van der Waals surface area contributed by atoms with E-state index in [2.05, 4.69) is 40.3 Å². The molecule has 1 atom stereocenters. The molecule has 1 aromatic carbocycles. The van der Waals surface area contributed by atoms with Crippen molar-refractivity contribution in [3.63, 3.8) is 0 Å². The zero-order valence-electron chi connectivity index (χ0n) is 12.9. The van der Waals surface area contributed by atoms with E-state index in [9.17, 15) is 4.79 Å². The Morgan fingerprint density at radius 3 is 2.95 bits per heavy atom. The van der Waals surface area contributed by atoms with Crippen LogP contribution in [0.4, 0.5) is 5.69 Å². The Kier molecular flexibility index (Phi) is 4.78. The lowest BCUT2D eigenvalue weighted by molar-refractivity contribution is -0.121. The van der Waals surface area contributed by atoms with Gasteiger partial charge in [0, 0.05) is 17.1 Å². The Labute approximate surface area is 135 Å². The van der Waals surface area contributed by atoms with Crippen LogP contribution in [-0.2, 0) is 24.1 Å². The van der Waals surface area contributed by atoms with Gasteiger partial charge < -0.3 is 10.6 Å². The van der Waals surface area contributed by atoms with Crippen molar-refractivity contribution in [2.75, 3.05) is 11.9 Å². The monoisotopic (exact) mass is 314 g/mol. The first-order valence-electron chi connectivity index (χ1n) is 7.91. The molecule has 0 aliphatic heterocycles. The van der Waals surface area contributed by atoms with Gasteiger partial charge in [0.25, 0.3) is 0 Å². The third-order valence-corrected chi connectivity index (χ3v) is 5.06. The lowest BCUT2D eigenvalue weighted by atomic mass is 10.1. The highest BCUT2D eigenvalue weighted by Crippen LogP contribution is 2.25. The number of amides is 1. The fourth-order valence-electron chi connectivity index (χ4n) is 2.89. The van der Waals surface area contributed by atoms with Crippen molar-refractivity contribution in [2.45, 2.75) is 38.6 Å². The summed E-state index contributed by atoms with van der Waals surface area (Å²) in [5.41, 5.74) is 3.93. The van der Waals surface area contributed by atoms with Gasteiger partial charge >= 0.3 is 0 Å². The van der Waals surface area contributed by atoms with Crippen molar-refractivity contribution in [3.05, 3.63) is 51.7 Å². The summed E-state index contributed by atoms with van der Waals surface area (Å²) in [6.45, 7) is 2.60. The summed E-state index contributed by atoms with van der Waals surface area (Å²) in [6.07, 6.45) is 4.49. The number of hydrogen-bond donors (Lipinski definition) is 2. The number of carbonyl (C=O) groups is 1. The third kappa shape index (κ3) is 3.69. The Morgan fingerprint density at radius 2 is 2.14 bits per heavy atom. The molecule has 1 aliphatic carbocycles. The number of carbonyl (C=O) groups excluding carboxylic acids is 1. The topological polar surface area (TPSA) is 41.1 Å². The summed E-state index contributed by atoms with van der Waals surface area (Å²) in [5, 5.41) is 8.37. The molecular formula is C18H22N2OS. The highest BCUT2D eigenvalue weighted by atomic mass is 32.1. The molecule has 0 spiro atoms. The van der Waals surface area contributed by atoms with Crippen LogP contribution in [0.15, 0.2) is 35.7 Å². The molecule has 1 aromatic heterocycles. The number of aryl methyl sites for hydroxylation is 2. The zero-order chi connectivity index (χ0) is 15.4. The second-order valence-corrected chi connectivity index (χ2v) is 6.86. The zero-order valence-corrected chi connectivity index (χ0v) is 13.7. The van der Waals surface area contributed by atoms with E-state index in [0.29, 0.717) is 6.54 Å². The molecule has 1 aliphatic rings. The first-order valence-corrected chi connectivity index (χ1v) is 8.79. The highest BCUT2D eigenvalue weighted by molar-refractivity contribution is 7.09. The van der Waals surface area contributed by atoms with Crippen LogP contribution in [0.1, 0.15) is 29.3 Å². The number of thiophene rings is 1. The maximum absolute atomic E-state index is 12.1. The van der Waals surface area contributed by atoms with Crippen molar-refractivity contribution in [1.82, 2.24) is 5.32 Å². The van der Waals surface area contributed by atoms with Gasteiger partial charge in [0.2, 0.25) is 5.91 Å².